The van der Waals surface area contributed by atoms with E-state index in [2.05, 4.69) is 0 Å². The summed E-state index contributed by atoms with van der Waals surface area (Å²) < 4.78 is 117. The lowest BCUT2D eigenvalue weighted by molar-refractivity contribution is -0.143. The summed E-state index contributed by atoms with van der Waals surface area (Å²) in [6, 6.07) is 4.90. The highest BCUT2D eigenvalue weighted by Gasteiger charge is 2.42. The average Bonchev–Trinajstić information content (AvgIpc) is 2.78. The van der Waals surface area contributed by atoms with Crippen LogP contribution in [0, 0.1) is 0 Å². The van der Waals surface area contributed by atoms with Crippen molar-refractivity contribution in [1.82, 2.24) is 4.90 Å². The van der Waals surface area contributed by atoms with Gasteiger partial charge in [0.25, 0.3) is 16.0 Å². The van der Waals surface area contributed by atoms with Gasteiger partial charge in [-0.2, -0.15) is 34.8 Å². The van der Waals surface area contributed by atoms with Gasteiger partial charge in [-0.3, -0.25) is 9.35 Å². The van der Waals surface area contributed by atoms with Gasteiger partial charge in [0.1, 0.15) is 5.60 Å². The second-order valence-corrected chi connectivity index (χ2v) is 10.8. The normalized spacial score (nSPS) is 19.2. The van der Waals surface area contributed by atoms with E-state index in [1.165, 1.54) is 18.2 Å². The predicted molar refractivity (Wildman–Crippen MR) is 122 cm³/mol. The first-order valence-corrected chi connectivity index (χ1v) is 12.9. The van der Waals surface area contributed by atoms with Gasteiger partial charge in [0, 0.05) is 12.1 Å². The molecule has 1 amide bonds. The molecule has 1 aliphatic heterocycles. The van der Waals surface area contributed by atoms with E-state index in [0.29, 0.717) is 17.7 Å². The minimum Gasteiger partial charge on any atom is -0.367 e. The number of amides is 1. The summed E-state index contributed by atoms with van der Waals surface area (Å²) in [7, 11) is -4.36. The van der Waals surface area contributed by atoms with Crippen LogP contribution in [0.5, 0.6) is 0 Å². The SMILES string of the molecule is O=C(c1cc(C(F)(F)F)cc(C(F)(F)F)c1)N1CCO[C@](CCCS(=O)(=O)O)(c2ccc(Cl)c(Cl)c2)C1. The van der Waals surface area contributed by atoms with Crippen LogP contribution in [0.4, 0.5) is 26.3 Å². The molecule has 0 bridgehead atoms. The second kappa shape index (κ2) is 10.6. The van der Waals surface area contributed by atoms with Crippen molar-refractivity contribution in [3.05, 3.63) is 68.7 Å². The highest BCUT2D eigenvalue weighted by Crippen LogP contribution is 2.39. The molecule has 3 rings (SSSR count). The number of morpholine rings is 1. The monoisotopic (exact) mass is 593 g/mol. The van der Waals surface area contributed by atoms with E-state index in [4.69, 9.17) is 32.5 Å². The van der Waals surface area contributed by atoms with Gasteiger partial charge in [-0.15, -0.1) is 0 Å². The van der Waals surface area contributed by atoms with Gasteiger partial charge in [-0.25, -0.2) is 0 Å². The Balaban J connectivity index is 2.01. The van der Waals surface area contributed by atoms with Crippen LogP contribution < -0.4 is 0 Å². The largest absolute Gasteiger partial charge is 0.416 e. The molecular weight excluding hydrogens is 575 g/mol. The molecule has 204 valence electrons. The lowest BCUT2D eigenvalue weighted by Crippen LogP contribution is -2.52. The Morgan fingerprint density at radius 2 is 1.59 bits per heavy atom. The summed E-state index contributed by atoms with van der Waals surface area (Å²) in [4.78, 5) is 14.2. The molecule has 1 N–H and O–H groups in total. The minimum absolute atomic E-state index is 0.0779. The summed E-state index contributed by atoms with van der Waals surface area (Å²) in [5.41, 5.74) is -5.20. The van der Waals surface area contributed by atoms with Gasteiger partial charge in [0.2, 0.25) is 0 Å². The molecule has 1 saturated heterocycles. The van der Waals surface area contributed by atoms with Crippen molar-refractivity contribution < 1.29 is 48.8 Å². The number of hydrogen-bond donors (Lipinski definition) is 1. The summed E-state index contributed by atoms with van der Waals surface area (Å²) in [5.74, 6) is -1.77. The van der Waals surface area contributed by atoms with E-state index in [9.17, 15) is 39.6 Å². The molecule has 0 saturated carbocycles. The van der Waals surface area contributed by atoms with Crippen molar-refractivity contribution in [3.8, 4) is 0 Å². The molecule has 2 aromatic carbocycles. The third-order valence-electron chi connectivity index (χ3n) is 5.74. The van der Waals surface area contributed by atoms with E-state index in [1.54, 1.807) is 0 Å². The van der Waals surface area contributed by atoms with Crippen LogP contribution in [-0.4, -0.2) is 49.2 Å². The van der Waals surface area contributed by atoms with Gasteiger partial charge in [0.15, 0.2) is 0 Å². The number of benzene rings is 2. The van der Waals surface area contributed by atoms with Crippen LogP contribution >= 0.6 is 23.2 Å². The summed E-state index contributed by atoms with van der Waals surface area (Å²) in [5, 5.41) is 0.263. The fourth-order valence-corrected chi connectivity index (χ4v) is 4.82. The molecule has 0 spiro atoms. The quantitative estimate of drug-likeness (QED) is 0.325. The molecule has 1 fully saturated rings. The first-order valence-electron chi connectivity index (χ1n) is 10.5. The smallest absolute Gasteiger partial charge is 0.367 e. The Bertz CT molecular complexity index is 1250. The third-order valence-corrected chi connectivity index (χ3v) is 7.28. The van der Waals surface area contributed by atoms with Gasteiger partial charge in [0.05, 0.1) is 40.1 Å². The van der Waals surface area contributed by atoms with Crippen molar-refractivity contribution in [3.63, 3.8) is 0 Å². The van der Waals surface area contributed by atoms with Crippen LogP contribution in [0.2, 0.25) is 10.0 Å². The van der Waals surface area contributed by atoms with E-state index < -0.39 is 56.4 Å². The lowest BCUT2D eigenvalue weighted by Gasteiger charge is -2.43. The zero-order valence-electron chi connectivity index (χ0n) is 18.7. The Morgan fingerprint density at radius 3 is 2.11 bits per heavy atom. The lowest BCUT2D eigenvalue weighted by atomic mass is 9.87. The van der Waals surface area contributed by atoms with Crippen molar-refractivity contribution in [1.29, 1.82) is 0 Å². The summed E-state index contributed by atoms with van der Waals surface area (Å²) >= 11 is 12.1. The van der Waals surface area contributed by atoms with Crippen LogP contribution in [0.3, 0.4) is 0 Å². The number of halogens is 8. The van der Waals surface area contributed by atoms with Crippen LogP contribution in [-0.2, 0) is 32.8 Å². The maximum atomic E-state index is 13.3. The third kappa shape index (κ3) is 7.29. The Labute approximate surface area is 217 Å². The van der Waals surface area contributed by atoms with E-state index in [0.717, 1.165) is 4.90 Å². The first kappa shape index (κ1) is 29.5. The topological polar surface area (TPSA) is 83.9 Å². The molecule has 1 atom stereocenters. The van der Waals surface area contributed by atoms with Crippen molar-refractivity contribution in [2.24, 2.45) is 0 Å². The summed E-state index contributed by atoms with van der Waals surface area (Å²) in [6.07, 6.45) is -10.5. The van der Waals surface area contributed by atoms with Gasteiger partial charge >= 0.3 is 12.4 Å². The number of carbonyl (C=O) groups is 1. The molecule has 37 heavy (non-hydrogen) atoms. The van der Waals surface area contributed by atoms with Crippen molar-refractivity contribution in [2.45, 2.75) is 30.8 Å². The van der Waals surface area contributed by atoms with E-state index in [1.807, 2.05) is 0 Å². The maximum absolute atomic E-state index is 13.3. The van der Waals surface area contributed by atoms with E-state index in [-0.39, 0.29) is 48.6 Å². The fraction of sp³-hybridized carbons (Fsp3) is 0.409. The Kier molecular flexibility index (Phi) is 8.45. The van der Waals surface area contributed by atoms with Gasteiger partial charge in [-0.05, 0) is 48.7 Å². The summed E-state index contributed by atoms with van der Waals surface area (Å²) in [6.45, 7) is -0.701. The number of hydrogen-bond acceptors (Lipinski definition) is 4. The number of alkyl halides is 6. The fourth-order valence-electron chi connectivity index (χ4n) is 4.01. The molecule has 6 nitrogen and oxygen atoms in total. The van der Waals surface area contributed by atoms with Crippen LogP contribution in [0.15, 0.2) is 36.4 Å². The number of rotatable bonds is 6. The zero-order chi connectivity index (χ0) is 27.8. The molecule has 0 radical (unpaired) electrons. The van der Waals surface area contributed by atoms with E-state index >= 15 is 0 Å². The highest BCUT2D eigenvalue weighted by atomic mass is 35.5. The molecule has 2 aromatic rings. The van der Waals surface area contributed by atoms with Gasteiger partial charge in [-0.1, -0.05) is 29.3 Å². The Morgan fingerprint density at radius 1 is 1.00 bits per heavy atom. The molecule has 0 unspecified atom stereocenters. The average molecular weight is 594 g/mol. The van der Waals surface area contributed by atoms with Crippen molar-refractivity contribution >= 4 is 39.2 Å². The predicted octanol–water partition coefficient (Wildman–Crippen LogP) is 6.07. The number of nitrogens with zero attached hydrogens (tertiary/aromatic N) is 1. The standard InChI is InChI=1S/C22H19Cl2F6NO5S/c23-17-3-2-14(11-18(17)24)20(4-1-7-37(33,34)35)12-31(5-6-36-20)19(32)13-8-15(21(25,26)27)10-16(9-13)22(28,29)30/h2-3,8-11H,1,4-7,12H2,(H,33,34,35)/t20-/m0/s1. The molecule has 15 heteroatoms. The van der Waals surface area contributed by atoms with Crippen LogP contribution in [0.25, 0.3) is 0 Å². The second-order valence-electron chi connectivity index (χ2n) is 8.38. The molecular formula is C22H19Cl2F6NO5S. The minimum atomic E-state index is -5.14. The van der Waals surface area contributed by atoms with Crippen molar-refractivity contribution in [2.75, 3.05) is 25.4 Å². The first-order chi connectivity index (χ1) is 16.9. The van der Waals surface area contributed by atoms with Crippen LogP contribution in [0.1, 0.15) is 39.9 Å². The number of ether oxygens (including phenoxy) is 1. The molecule has 0 aromatic heterocycles. The maximum Gasteiger partial charge on any atom is 0.416 e. The highest BCUT2D eigenvalue weighted by molar-refractivity contribution is 7.85. The molecule has 1 heterocycles. The van der Waals surface area contributed by atoms with Gasteiger partial charge < -0.3 is 9.64 Å². The zero-order valence-corrected chi connectivity index (χ0v) is 21.0. The number of carbonyl (C=O) groups excluding carboxylic acids is 1. The Hall–Kier alpha value is -2.06. The molecule has 0 aliphatic carbocycles. The molecule has 1 aliphatic rings.